The Kier molecular flexibility index (Phi) is 3.77. The summed E-state index contributed by atoms with van der Waals surface area (Å²) in [6.07, 6.45) is 4.18. The number of allylic oxidation sites excluding steroid dienone is 1. The summed E-state index contributed by atoms with van der Waals surface area (Å²) in [5, 5.41) is 0. The summed E-state index contributed by atoms with van der Waals surface area (Å²) in [7, 11) is 0. The van der Waals surface area contributed by atoms with Crippen molar-refractivity contribution < 1.29 is 17.6 Å². The third kappa shape index (κ3) is 2.33. The van der Waals surface area contributed by atoms with E-state index in [4.69, 9.17) is 0 Å². The van der Waals surface area contributed by atoms with Gasteiger partial charge in [0, 0.05) is 17.1 Å². The maximum Gasteiger partial charge on any atom is 0.275 e. The first-order valence-corrected chi connectivity index (χ1v) is 8.95. The lowest BCUT2D eigenvalue weighted by Gasteiger charge is -2.33. The average molecular weight is 338 g/mol. The lowest BCUT2D eigenvalue weighted by Crippen LogP contribution is -2.33. The Hall–Kier alpha value is -1.32. The lowest BCUT2D eigenvalue weighted by atomic mass is 9.74. The van der Waals surface area contributed by atoms with E-state index in [2.05, 4.69) is 6.92 Å². The number of rotatable bonds is 1. The molecular weight excluding hydrogens is 316 g/mol. The average Bonchev–Trinajstić information content (AvgIpc) is 2.79. The standard InChI is InChI=1S/C20H22F4/c1-11-5-7-12(8-6-11)15-10-14-9-13-3-2-4-16(21)17(13)19(22)18(14)20(15,23)24/h2-4,11-12,14-15H,5-10H2,1H3. The Bertz CT molecular complexity index is 683. The molecule has 3 aliphatic rings. The SMILES string of the molecule is CC1CCC(C2CC3Cc4cccc(F)c4C(F)=C3C2(F)F)CC1. The van der Waals surface area contributed by atoms with Crippen molar-refractivity contribution in [3.05, 3.63) is 40.7 Å². The second kappa shape index (κ2) is 5.60. The molecule has 0 saturated heterocycles. The molecule has 0 aliphatic heterocycles. The summed E-state index contributed by atoms with van der Waals surface area (Å²) in [5.74, 6) is -5.63. The van der Waals surface area contributed by atoms with Crippen molar-refractivity contribution in [2.45, 2.75) is 51.4 Å². The highest BCUT2D eigenvalue weighted by atomic mass is 19.3. The maximum atomic E-state index is 15.1. The Labute approximate surface area is 139 Å². The summed E-state index contributed by atoms with van der Waals surface area (Å²) < 4.78 is 59.0. The van der Waals surface area contributed by atoms with Gasteiger partial charge in [0.1, 0.15) is 11.6 Å². The molecule has 2 atom stereocenters. The minimum absolute atomic E-state index is 0.0462. The van der Waals surface area contributed by atoms with E-state index in [1.54, 1.807) is 6.07 Å². The Morgan fingerprint density at radius 1 is 1.04 bits per heavy atom. The number of alkyl halides is 2. The van der Waals surface area contributed by atoms with Gasteiger partial charge in [-0.1, -0.05) is 31.9 Å². The number of hydrogen-bond acceptors (Lipinski definition) is 0. The van der Waals surface area contributed by atoms with Crippen LogP contribution >= 0.6 is 0 Å². The zero-order valence-corrected chi connectivity index (χ0v) is 13.8. The highest BCUT2D eigenvalue weighted by Crippen LogP contribution is 2.58. The molecule has 2 fully saturated rings. The molecule has 2 unspecified atom stereocenters. The molecule has 24 heavy (non-hydrogen) atoms. The van der Waals surface area contributed by atoms with Gasteiger partial charge in [-0.05, 0) is 55.1 Å². The van der Waals surface area contributed by atoms with Crippen LogP contribution in [-0.2, 0) is 6.42 Å². The van der Waals surface area contributed by atoms with E-state index in [0.29, 0.717) is 24.3 Å². The Balaban J connectivity index is 1.72. The van der Waals surface area contributed by atoms with Gasteiger partial charge in [-0.2, -0.15) is 0 Å². The van der Waals surface area contributed by atoms with E-state index in [1.807, 2.05) is 0 Å². The number of benzene rings is 1. The van der Waals surface area contributed by atoms with Crippen LogP contribution in [0.1, 0.15) is 50.2 Å². The van der Waals surface area contributed by atoms with Crippen LogP contribution < -0.4 is 0 Å². The molecule has 0 N–H and O–H groups in total. The van der Waals surface area contributed by atoms with Crippen LogP contribution in [0, 0.1) is 29.5 Å². The van der Waals surface area contributed by atoms with Crippen LogP contribution in [0.25, 0.3) is 5.83 Å². The minimum Gasteiger partial charge on any atom is -0.206 e. The molecule has 1 aromatic carbocycles. The predicted molar refractivity (Wildman–Crippen MR) is 85.8 cm³/mol. The summed E-state index contributed by atoms with van der Waals surface area (Å²) in [5.41, 5.74) is -0.139. The van der Waals surface area contributed by atoms with E-state index in [9.17, 15) is 8.78 Å². The molecule has 0 nitrogen and oxygen atoms in total. The summed E-state index contributed by atoms with van der Waals surface area (Å²) >= 11 is 0. The van der Waals surface area contributed by atoms with E-state index in [1.165, 1.54) is 6.07 Å². The second-order valence-electron chi connectivity index (χ2n) is 7.89. The first-order chi connectivity index (χ1) is 11.4. The highest BCUT2D eigenvalue weighted by Gasteiger charge is 2.58. The normalized spacial score (nSPS) is 34.9. The largest absolute Gasteiger partial charge is 0.275 e. The highest BCUT2D eigenvalue weighted by molar-refractivity contribution is 5.71. The molecular formula is C20H22F4. The molecule has 0 spiro atoms. The Morgan fingerprint density at radius 2 is 1.75 bits per heavy atom. The number of halogens is 4. The van der Waals surface area contributed by atoms with E-state index >= 15 is 8.78 Å². The molecule has 2 saturated carbocycles. The third-order valence-electron chi connectivity index (χ3n) is 6.42. The van der Waals surface area contributed by atoms with Crippen LogP contribution in [-0.4, -0.2) is 5.92 Å². The van der Waals surface area contributed by atoms with Crippen molar-refractivity contribution in [1.29, 1.82) is 0 Å². The monoisotopic (exact) mass is 338 g/mol. The minimum atomic E-state index is -3.15. The zero-order chi connectivity index (χ0) is 17.1. The van der Waals surface area contributed by atoms with Gasteiger partial charge >= 0.3 is 0 Å². The van der Waals surface area contributed by atoms with Crippen molar-refractivity contribution >= 4 is 5.83 Å². The van der Waals surface area contributed by atoms with Gasteiger partial charge in [-0.25, -0.2) is 17.6 Å². The number of fused-ring (bicyclic) bond motifs is 2. The van der Waals surface area contributed by atoms with Crippen LogP contribution in [0.15, 0.2) is 23.8 Å². The summed E-state index contributed by atoms with van der Waals surface area (Å²) in [6, 6.07) is 4.33. The first-order valence-electron chi connectivity index (χ1n) is 8.95. The maximum absolute atomic E-state index is 15.1. The van der Waals surface area contributed by atoms with Gasteiger partial charge in [-0.3, -0.25) is 0 Å². The van der Waals surface area contributed by atoms with E-state index in [-0.39, 0.29) is 11.5 Å². The van der Waals surface area contributed by atoms with Gasteiger partial charge in [0.2, 0.25) is 0 Å². The topological polar surface area (TPSA) is 0 Å². The van der Waals surface area contributed by atoms with Crippen LogP contribution in [0.2, 0.25) is 0 Å². The zero-order valence-electron chi connectivity index (χ0n) is 13.8. The molecule has 0 amide bonds. The quantitative estimate of drug-likeness (QED) is 0.538. The van der Waals surface area contributed by atoms with Gasteiger partial charge in [0.15, 0.2) is 0 Å². The van der Waals surface area contributed by atoms with Gasteiger partial charge in [-0.15, -0.1) is 0 Å². The van der Waals surface area contributed by atoms with Crippen molar-refractivity contribution in [3.8, 4) is 0 Å². The van der Waals surface area contributed by atoms with E-state index in [0.717, 1.165) is 31.7 Å². The van der Waals surface area contributed by atoms with Gasteiger partial charge in [0.05, 0.1) is 0 Å². The third-order valence-corrected chi connectivity index (χ3v) is 6.42. The van der Waals surface area contributed by atoms with Crippen molar-refractivity contribution in [2.24, 2.45) is 23.7 Å². The lowest BCUT2D eigenvalue weighted by molar-refractivity contribution is -0.0362. The van der Waals surface area contributed by atoms with Gasteiger partial charge < -0.3 is 0 Å². The molecule has 0 heterocycles. The Morgan fingerprint density at radius 3 is 2.46 bits per heavy atom. The fourth-order valence-electron chi connectivity index (χ4n) is 5.12. The molecule has 1 aromatic rings. The predicted octanol–water partition coefficient (Wildman–Crippen LogP) is 6.16. The van der Waals surface area contributed by atoms with Crippen LogP contribution in [0.5, 0.6) is 0 Å². The van der Waals surface area contributed by atoms with Crippen molar-refractivity contribution in [2.75, 3.05) is 0 Å². The van der Waals surface area contributed by atoms with Crippen LogP contribution in [0.3, 0.4) is 0 Å². The van der Waals surface area contributed by atoms with Crippen LogP contribution in [0.4, 0.5) is 17.6 Å². The molecule has 4 heteroatoms. The van der Waals surface area contributed by atoms with Crippen molar-refractivity contribution in [1.82, 2.24) is 0 Å². The second-order valence-corrected chi connectivity index (χ2v) is 7.89. The molecule has 3 aliphatic carbocycles. The fraction of sp³-hybridized carbons (Fsp3) is 0.600. The summed E-state index contributed by atoms with van der Waals surface area (Å²) in [6.45, 7) is 2.16. The first kappa shape index (κ1) is 16.2. The molecule has 4 rings (SSSR count). The molecule has 0 bridgehead atoms. The van der Waals surface area contributed by atoms with Crippen molar-refractivity contribution in [3.63, 3.8) is 0 Å². The van der Waals surface area contributed by atoms with Gasteiger partial charge in [0.25, 0.3) is 5.92 Å². The molecule has 0 radical (unpaired) electrons. The summed E-state index contributed by atoms with van der Waals surface area (Å²) in [4.78, 5) is 0. The molecule has 0 aromatic heterocycles. The number of hydrogen-bond donors (Lipinski definition) is 0. The van der Waals surface area contributed by atoms with E-state index < -0.39 is 35.0 Å². The molecule has 130 valence electrons. The smallest absolute Gasteiger partial charge is 0.206 e. The fourth-order valence-corrected chi connectivity index (χ4v) is 5.12.